The molecule has 2 N–H and O–H groups in total. The predicted molar refractivity (Wildman–Crippen MR) is 75.6 cm³/mol. The molecule has 0 saturated carbocycles. The van der Waals surface area contributed by atoms with Crippen LogP contribution in [0.5, 0.6) is 0 Å². The van der Waals surface area contributed by atoms with Crippen LogP contribution in [0.4, 0.5) is 4.39 Å². The molecule has 0 aliphatic rings. The summed E-state index contributed by atoms with van der Waals surface area (Å²) >= 11 is 0. The first-order valence-corrected chi connectivity index (χ1v) is 6.45. The molecule has 0 bridgehead atoms. The van der Waals surface area contributed by atoms with Gasteiger partial charge in [-0.05, 0) is 31.5 Å². The first-order valence-electron chi connectivity index (χ1n) is 6.45. The monoisotopic (exact) mass is 267 g/mol. The molecule has 1 aromatic rings. The van der Waals surface area contributed by atoms with Crippen molar-refractivity contribution in [2.24, 2.45) is 10.7 Å². The van der Waals surface area contributed by atoms with Gasteiger partial charge in [-0.15, -0.1) is 0 Å². The molecule has 5 heteroatoms. The van der Waals surface area contributed by atoms with E-state index in [1.165, 1.54) is 12.1 Å². The smallest absolute Gasteiger partial charge is 0.191 e. The lowest BCUT2D eigenvalue weighted by atomic mass is 10.1. The first-order chi connectivity index (χ1) is 9.12. The van der Waals surface area contributed by atoms with Gasteiger partial charge in [0.25, 0.3) is 0 Å². The molecule has 1 atom stereocenters. The normalized spacial score (nSPS) is 13.4. The third-order valence-electron chi connectivity index (χ3n) is 3.03. The van der Waals surface area contributed by atoms with E-state index in [1.807, 2.05) is 18.7 Å². The zero-order valence-electron chi connectivity index (χ0n) is 11.8. The zero-order chi connectivity index (χ0) is 14.3. The van der Waals surface area contributed by atoms with Gasteiger partial charge in [0, 0.05) is 20.2 Å². The molecule has 1 unspecified atom stereocenters. The number of ether oxygens (including phenoxy) is 1. The lowest BCUT2D eigenvalue weighted by Crippen LogP contribution is -2.37. The largest absolute Gasteiger partial charge is 0.375 e. The standard InChI is InChI=1S/C14H22FN3O/c1-4-18(5-2)14(16)17-10-13(19-3)11-6-8-12(15)9-7-11/h6-9,13H,4-5,10H2,1-3H3,(H2,16,17). The Labute approximate surface area is 114 Å². The van der Waals surface area contributed by atoms with Crippen LogP contribution in [0.15, 0.2) is 29.3 Å². The van der Waals surface area contributed by atoms with Gasteiger partial charge in [-0.25, -0.2) is 4.39 Å². The fourth-order valence-corrected chi connectivity index (χ4v) is 1.82. The van der Waals surface area contributed by atoms with Crippen LogP contribution >= 0.6 is 0 Å². The summed E-state index contributed by atoms with van der Waals surface area (Å²) in [6, 6.07) is 6.23. The Kier molecular flexibility index (Phi) is 6.29. The van der Waals surface area contributed by atoms with E-state index in [0.717, 1.165) is 18.7 Å². The van der Waals surface area contributed by atoms with E-state index in [4.69, 9.17) is 10.5 Å². The number of guanidine groups is 1. The Balaban J connectivity index is 2.72. The van der Waals surface area contributed by atoms with Gasteiger partial charge in [0.05, 0.1) is 6.54 Å². The number of nitrogens with two attached hydrogens (primary N) is 1. The molecule has 0 saturated heterocycles. The molecule has 4 nitrogen and oxygen atoms in total. The van der Waals surface area contributed by atoms with Crippen molar-refractivity contribution in [3.63, 3.8) is 0 Å². The first kappa shape index (κ1) is 15.4. The number of nitrogens with zero attached hydrogens (tertiary/aromatic N) is 2. The minimum atomic E-state index is -0.259. The second kappa shape index (κ2) is 7.74. The van der Waals surface area contributed by atoms with E-state index in [0.29, 0.717) is 12.5 Å². The number of rotatable bonds is 6. The molecular formula is C14H22FN3O. The highest BCUT2D eigenvalue weighted by atomic mass is 19.1. The summed E-state index contributed by atoms with van der Waals surface area (Å²) < 4.78 is 18.2. The quantitative estimate of drug-likeness (QED) is 0.635. The van der Waals surface area contributed by atoms with Gasteiger partial charge in [0.15, 0.2) is 5.96 Å². The lowest BCUT2D eigenvalue weighted by molar-refractivity contribution is 0.110. The van der Waals surface area contributed by atoms with Crippen molar-refractivity contribution in [2.75, 3.05) is 26.7 Å². The summed E-state index contributed by atoms with van der Waals surface area (Å²) in [7, 11) is 1.61. The van der Waals surface area contributed by atoms with Gasteiger partial charge < -0.3 is 15.4 Å². The number of hydrogen-bond acceptors (Lipinski definition) is 2. The maximum Gasteiger partial charge on any atom is 0.191 e. The van der Waals surface area contributed by atoms with Gasteiger partial charge in [0.1, 0.15) is 11.9 Å². The lowest BCUT2D eigenvalue weighted by Gasteiger charge is -2.20. The van der Waals surface area contributed by atoms with Crippen molar-refractivity contribution >= 4 is 5.96 Å². The number of methoxy groups -OCH3 is 1. The SMILES string of the molecule is CCN(CC)C(N)=NCC(OC)c1ccc(F)cc1. The van der Waals surface area contributed by atoms with Crippen molar-refractivity contribution in [1.82, 2.24) is 4.90 Å². The van der Waals surface area contributed by atoms with Crippen molar-refractivity contribution < 1.29 is 9.13 Å². The fourth-order valence-electron chi connectivity index (χ4n) is 1.82. The summed E-state index contributed by atoms with van der Waals surface area (Å²) in [5, 5.41) is 0. The van der Waals surface area contributed by atoms with Crippen LogP contribution in [0.2, 0.25) is 0 Å². The maximum absolute atomic E-state index is 12.9. The number of halogens is 1. The van der Waals surface area contributed by atoms with Crippen LogP contribution in [0.1, 0.15) is 25.5 Å². The van der Waals surface area contributed by atoms with Crippen molar-refractivity contribution in [2.45, 2.75) is 20.0 Å². The molecule has 0 aliphatic heterocycles. The second-order valence-corrected chi connectivity index (χ2v) is 4.15. The minimum Gasteiger partial charge on any atom is -0.375 e. The molecule has 0 aliphatic carbocycles. The van der Waals surface area contributed by atoms with Gasteiger partial charge in [-0.3, -0.25) is 4.99 Å². The fraction of sp³-hybridized carbons (Fsp3) is 0.500. The third kappa shape index (κ3) is 4.52. The molecule has 0 aromatic heterocycles. The van der Waals surface area contributed by atoms with E-state index in [9.17, 15) is 4.39 Å². The summed E-state index contributed by atoms with van der Waals surface area (Å²) in [4.78, 5) is 6.31. The number of benzene rings is 1. The molecule has 0 spiro atoms. The zero-order valence-corrected chi connectivity index (χ0v) is 11.8. The van der Waals surface area contributed by atoms with Gasteiger partial charge >= 0.3 is 0 Å². The Morgan fingerprint density at radius 1 is 1.32 bits per heavy atom. The highest BCUT2D eigenvalue weighted by molar-refractivity contribution is 5.78. The van der Waals surface area contributed by atoms with Gasteiger partial charge in [-0.1, -0.05) is 12.1 Å². The van der Waals surface area contributed by atoms with E-state index in [-0.39, 0.29) is 11.9 Å². The van der Waals surface area contributed by atoms with Crippen LogP contribution in [0.25, 0.3) is 0 Å². The summed E-state index contributed by atoms with van der Waals surface area (Å²) in [5.41, 5.74) is 6.79. The molecular weight excluding hydrogens is 245 g/mol. The van der Waals surface area contributed by atoms with E-state index >= 15 is 0 Å². The third-order valence-corrected chi connectivity index (χ3v) is 3.03. The maximum atomic E-state index is 12.9. The molecule has 0 heterocycles. The van der Waals surface area contributed by atoms with Crippen LogP contribution in [-0.4, -0.2) is 37.6 Å². The summed E-state index contributed by atoms with van der Waals surface area (Å²) in [5.74, 6) is 0.249. The van der Waals surface area contributed by atoms with E-state index < -0.39 is 0 Å². The van der Waals surface area contributed by atoms with Crippen LogP contribution in [-0.2, 0) is 4.74 Å². The minimum absolute atomic E-state index is 0.213. The van der Waals surface area contributed by atoms with E-state index in [2.05, 4.69) is 4.99 Å². The number of hydrogen-bond donors (Lipinski definition) is 1. The highest BCUT2D eigenvalue weighted by Crippen LogP contribution is 2.17. The summed E-state index contributed by atoms with van der Waals surface area (Å²) in [6.45, 7) is 6.11. The Morgan fingerprint density at radius 2 is 1.89 bits per heavy atom. The predicted octanol–water partition coefficient (Wildman–Crippen LogP) is 2.17. The Morgan fingerprint density at radius 3 is 2.37 bits per heavy atom. The molecule has 0 radical (unpaired) electrons. The van der Waals surface area contributed by atoms with Crippen molar-refractivity contribution in [1.29, 1.82) is 0 Å². The van der Waals surface area contributed by atoms with E-state index in [1.54, 1.807) is 19.2 Å². The Hall–Kier alpha value is -1.62. The Bertz CT molecular complexity index is 402. The molecule has 19 heavy (non-hydrogen) atoms. The van der Waals surface area contributed by atoms with Crippen LogP contribution < -0.4 is 5.73 Å². The second-order valence-electron chi connectivity index (χ2n) is 4.15. The molecule has 0 fully saturated rings. The van der Waals surface area contributed by atoms with Crippen molar-refractivity contribution in [3.8, 4) is 0 Å². The van der Waals surface area contributed by atoms with Crippen LogP contribution in [0.3, 0.4) is 0 Å². The average Bonchev–Trinajstić information content (AvgIpc) is 2.42. The molecule has 1 aromatic carbocycles. The van der Waals surface area contributed by atoms with Gasteiger partial charge in [-0.2, -0.15) is 0 Å². The topological polar surface area (TPSA) is 50.8 Å². The highest BCUT2D eigenvalue weighted by Gasteiger charge is 2.11. The molecule has 0 amide bonds. The van der Waals surface area contributed by atoms with Crippen LogP contribution in [0, 0.1) is 5.82 Å². The molecule has 1 rings (SSSR count). The number of aliphatic imine (C=N–C) groups is 1. The van der Waals surface area contributed by atoms with Gasteiger partial charge in [0.2, 0.25) is 0 Å². The van der Waals surface area contributed by atoms with Crippen molar-refractivity contribution in [3.05, 3.63) is 35.6 Å². The molecule has 106 valence electrons. The average molecular weight is 267 g/mol. The summed E-state index contributed by atoms with van der Waals surface area (Å²) in [6.07, 6.45) is -0.213.